The molecule has 1 amide bonds. The number of hydrogen-bond acceptors (Lipinski definition) is 7. The molecule has 8 heteroatoms. The normalized spacial score (nSPS) is 22.0. The van der Waals surface area contributed by atoms with Crippen LogP contribution in [0.3, 0.4) is 0 Å². The lowest BCUT2D eigenvalue weighted by molar-refractivity contribution is -0.115. The van der Waals surface area contributed by atoms with Gasteiger partial charge in [0.15, 0.2) is 0 Å². The number of carbonyl (C=O) groups excluding carboxylic acids is 2. The second-order valence-corrected chi connectivity index (χ2v) is 5.85. The predicted octanol–water partition coefficient (Wildman–Crippen LogP) is 2.21. The Morgan fingerprint density at radius 1 is 1.38 bits per heavy atom. The van der Waals surface area contributed by atoms with E-state index in [1.807, 2.05) is 0 Å². The van der Waals surface area contributed by atoms with Crippen molar-refractivity contribution < 1.29 is 19.1 Å². The summed E-state index contributed by atoms with van der Waals surface area (Å²) in [5, 5.41) is 0.451. The van der Waals surface area contributed by atoms with Crippen LogP contribution in [0.2, 0.25) is 0 Å². The van der Waals surface area contributed by atoms with E-state index < -0.39 is 12.4 Å². The first-order valence-corrected chi connectivity index (χ1v) is 7.39. The van der Waals surface area contributed by atoms with Gasteiger partial charge in [-0.05, 0) is 32.3 Å². The fraction of sp³-hybridized carbons (Fsp3) is 0.538. The maximum Gasteiger partial charge on any atom is 0.510 e. The van der Waals surface area contributed by atoms with Crippen LogP contribution in [-0.2, 0) is 14.3 Å². The second-order valence-electron chi connectivity index (χ2n) is 5.12. The van der Waals surface area contributed by atoms with E-state index in [0.29, 0.717) is 22.2 Å². The molecule has 0 bridgehead atoms. The summed E-state index contributed by atoms with van der Waals surface area (Å²) in [6.07, 6.45) is 0.522. The average molecular weight is 309 g/mol. The molecule has 0 saturated heterocycles. The smallest absolute Gasteiger partial charge is 0.438 e. The van der Waals surface area contributed by atoms with E-state index in [1.165, 1.54) is 12.0 Å². The van der Waals surface area contributed by atoms with Crippen molar-refractivity contribution in [3.05, 3.63) is 17.0 Å². The number of amides is 1. The Bertz CT molecular complexity index is 635. The molecule has 0 N–H and O–H groups in total. The average Bonchev–Trinajstić information content (AvgIpc) is 3.19. The van der Waals surface area contributed by atoms with Gasteiger partial charge < -0.3 is 9.47 Å². The maximum atomic E-state index is 12.4. The van der Waals surface area contributed by atoms with Crippen molar-refractivity contribution in [1.29, 1.82) is 0 Å². The molecule has 1 aromatic rings. The topological polar surface area (TPSA) is 81.6 Å². The fourth-order valence-electron chi connectivity index (χ4n) is 2.13. The first-order chi connectivity index (χ1) is 10.0. The fourth-order valence-corrected chi connectivity index (χ4v) is 2.90. The molecule has 1 unspecified atom stereocenters. The molecule has 21 heavy (non-hydrogen) atoms. The summed E-state index contributed by atoms with van der Waals surface area (Å²) in [7, 11) is 1.23. The van der Waals surface area contributed by atoms with Crippen molar-refractivity contribution in [3.63, 3.8) is 0 Å². The van der Waals surface area contributed by atoms with E-state index >= 15 is 0 Å². The van der Waals surface area contributed by atoms with Crippen molar-refractivity contribution in [1.82, 2.24) is 9.36 Å². The molecule has 1 saturated carbocycles. The molecule has 112 valence electrons. The van der Waals surface area contributed by atoms with Gasteiger partial charge in [-0.3, -0.25) is 4.79 Å². The summed E-state index contributed by atoms with van der Waals surface area (Å²) in [6.45, 7) is 3.46. The van der Waals surface area contributed by atoms with Gasteiger partial charge in [-0.15, -0.1) is 0 Å². The van der Waals surface area contributed by atoms with E-state index in [0.717, 1.165) is 30.2 Å². The number of methoxy groups -OCH3 is 1. The minimum Gasteiger partial charge on any atom is -0.438 e. The summed E-state index contributed by atoms with van der Waals surface area (Å²) in [5.74, 6) is 0.949. The number of anilines is 1. The zero-order valence-corrected chi connectivity index (χ0v) is 12.8. The molecule has 0 radical (unpaired) electrons. The zero-order chi connectivity index (χ0) is 15.1. The number of hydrogen-bond donors (Lipinski definition) is 0. The van der Waals surface area contributed by atoms with Crippen LogP contribution in [0.25, 0.3) is 0 Å². The standard InChI is InChI=1S/C13H15N3O4S/c1-6-7(2)11(20-13(18)19-3)16(10(6)17)12-14-9(15-21-12)8-4-5-8/h8,11H,4-5H2,1-3H3. The molecule has 3 rings (SSSR count). The minimum atomic E-state index is -0.834. The molecule has 2 aliphatic rings. The molecule has 1 aliphatic carbocycles. The van der Waals surface area contributed by atoms with Gasteiger partial charge in [0.05, 0.1) is 7.11 Å². The lowest BCUT2D eigenvalue weighted by Gasteiger charge is -2.22. The number of rotatable bonds is 3. The van der Waals surface area contributed by atoms with Gasteiger partial charge in [-0.25, -0.2) is 14.7 Å². The van der Waals surface area contributed by atoms with E-state index in [2.05, 4.69) is 14.1 Å². The van der Waals surface area contributed by atoms with Crippen LogP contribution in [0.1, 0.15) is 38.4 Å². The molecule has 1 atom stereocenters. The van der Waals surface area contributed by atoms with Gasteiger partial charge in [0, 0.05) is 23.0 Å². The van der Waals surface area contributed by atoms with E-state index in [1.54, 1.807) is 13.8 Å². The number of nitrogens with zero attached hydrogens (tertiary/aromatic N) is 3. The molecular weight excluding hydrogens is 294 g/mol. The van der Waals surface area contributed by atoms with Crippen molar-refractivity contribution >= 4 is 28.7 Å². The van der Waals surface area contributed by atoms with Crippen LogP contribution in [0.4, 0.5) is 9.93 Å². The highest BCUT2D eigenvalue weighted by Gasteiger charge is 2.41. The van der Waals surface area contributed by atoms with E-state index in [9.17, 15) is 9.59 Å². The van der Waals surface area contributed by atoms with Crippen molar-refractivity contribution in [3.8, 4) is 0 Å². The highest BCUT2D eigenvalue weighted by Crippen LogP contribution is 2.41. The summed E-state index contributed by atoms with van der Waals surface area (Å²) in [5.41, 5.74) is 1.22. The van der Waals surface area contributed by atoms with Crippen LogP contribution in [0, 0.1) is 0 Å². The van der Waals surface area contributed by atoms with E-state index in [-0.39, 0.29) is 5.91 Å². The monoisotopic (exact) mass is 309 g/mol. The zero-order valence-electron chi connectivity index (χ0n) is 12.0. The number of aromatic nitrogens is 2. The molecule has 1 fully saturated rings. The summed E-state index contributed by atoms with van der Waals surface area (Å²) < 4.78 is 14.0. The Balaban J connectivity index is 1.89. The molecule has 1 aromatic heterocycles. The maximum absolute atomic E-state index is 12.4. The van der Waals surface area contributed by atoms with Gasteiger partial charge in [0.25, 0.3) is 5.91 Å². The van der Waals surface area contributed by atoms with Crippen LogP contribution in [0.5, 0.6) is 0 Å². The van der Waals surface area contributed by atoms with Crippen LogP contribution >= 0.6 is 11.5 Å². The molecule has 2 heterocycles. The highest BCUT2D eigenvalue weighted by molar-refractivity contribution is 7.10. The molecular formula is C13H15N3O4S. The lowest BCUT2D eigenvalue weighted by Crippen LogP contribution is -2.38. The van der Waals surface area contributed by atoms with Gasteiger partial charge in [-0.2, -0.15) is 4.37 Å². The third kappa shape index (κ3) is 2.39. The molecule has 0 aromatic carbocycles. The van der Waals surface area contributed by atoms with Crippen LogP contribution in [0.15, 0.2) is 11.1 Å². The van der Waals surface area contributed by atoms with Crippen LogP contribution < -0.4 is 4.90 Å². The van der Waals surface area contributed by atoms with Gasteiger partial charge >= 0.3 is 6.16 Å². The second kappa shape index (κ2) is 5.10. The predicted molar refractivity (Wildman–Crippen MR) is 75.0 cm³/mol. The first kappa shape index (κ1) is 14.0. The number of carbonyl (C=O) groups is 2. The molecule has 1 aliphatic heterocycles. The minimum absolute atomic E-state index is 0.222. The van der Waals surface area contributed by atoms with Gasteiger partial charge in [0.2, 0.25) is 11.4 Å². The SMILES string of the molecule is COC(=O)OC1C(C)=C(C)C(=O)N1c1nc(C2CC2)ns1. The Morgan fingerprint density at radius 2 is 2.10 bits per heavy atom. The van der Waals surface area contributed by atoms with Crippen molar-refractivity contribution in [2.75, 3.05) is 12.0 Å². The largest absolute Gasteiger partial charge is 0.510 e. The van der Waals surface area contributed by atoms with Crippen molar-refractivity contribution in [2.24, 2.45) is 0 Å². The van der Waals surface area contributed by atoms with Crippen LogP contribution in [-0.4, -0.2) is 34.8 Å². The Hall–Kier alpha value is -1.96. The van der Waals surface area contributed by atoms with Gasteiger partial charge in [-0.1, -0.05) is 0 Å². The third-order valence-corrected chi connectivity index (χ3v) is 4.42. The van der Waals surface area contributed by atoms with Gasteiger partial charge in [0.1, 0.15) is 5.82 Å². The quantitative estimate of drug-likeness (QED) is 0.796. The lowest BCUT2D eigenvalue weighted by atomic mass is 10.2. The third-order valence-electron chi connectivity index (χ3n) is 3.69. The highest BCUT2D eigenvalue weighted by atomic mass is 32.1. The number of ether oxygens (including phenoxy) is 2. The Labute approximate surface area is 125 Å². The van der Waals surface area contributed by atoms with E-state index in [4.69, 9.17) is 4.74 Å². The Kier molecular flexibility index (Phi) is 3.40. The first-order valence-electron chi connectivity index (χ1n) is 6.62. The molecule has 7 nitrogen and oxygen atoms in total. The Morgan fingerprint density at radius 3 is 2.71 bits per heavy atom. The van der Waals surface area contributed by atoms with Crippen molar-refractivity contribution in [2.45, 2.75) is 38.8 Å². The summed E-state index contributed by atoms with van der Waals surface area (Å²) in [4.78, 5) is 29.5. The molecule has 0 spiro atoms. The summed E-state index contributed by atoms with van der Waals surface area (Å²) in [6, 6.07) is 0. The summed E-state index contributed by atoms with van der Waals surface area (Å²) >= 11 is 1.15.